The number of nitrogen functional groups attached to an aromatic ring is 1. The Bertz CT molecular complexity index is 781. The van der Waals surface area contributed by atoms with Gasteiger partial charge >= 0.3 is 6.61 Å². The van der Waals surface area contributed by atoms with Gasteiger partial charge in [-0.05, 0) is 31.2 Å². The zero-order chi connectivity index (χ0) is 19.4. The zero-order valence-corrected chi connectivity index (χ0v) is 15.4. The molecule has 2 heterocycles. The quantitative estimate of drug-likeness (QED) is 0.582. The van der Waals surface area contributed by atoms with Crippen molar-refractivity contribution in [3.63, 3.8) is 0 Å². The number of nitrogens with two attached hydrogens (primary N) is 1. The number of alkyl halides is 2. The van der Waals surface area contributed by atoms with Gasteiger partial charge in [0.1, 0.15) is 5.75 Å². The van der Waals surface area contributed by atoms with Crippen LogP contribution in [0.2, 0.25) is 0 Å². The van der Waals surface area contributed by atoms with Crippen molar-refractivity contribution in [1.29, 1.82) is 0 Å². The van der Waals surface area contributed by atoms with Gasteiger partial charge < -0.3 is 20.2 Å². The Morgan fingerprint density at radius 1 is 1.26 bits per heavy atom. The maximum absolute atomic E-state index is 12.5. The number of aromatic nitrogens is 3. The number of benzene rings is 1. The number of rotatable bonds is 6. The third-order valence-corrected chi connectivity index (χ3v) is 5.00. The Morgan fingerprint density at radius 3 is 2.56 bits per heavy atom. The molecule has 1 amide bonds. The topological polar surface area (TPSA) is 95.5 Å². The third-order valence-electron chi connectivity index (χ3n) is 3.95. The minimum atomic E-state index is -2.89. The van der Waals surface area contributed by atoms with Crippen LogP contribution in [-0.2, 0) is 9.53 Å². The lowest BCUT2D eigenvalue weighted by atomic mass is 10.2. The highest BCUT2D eigenvalue weighted by Gasteiger charge is 2.25. The van der Waals surface area contributed by atoms with E-state index in [1.165, 1.54) is 28.6 Å². The SMILES string of the molecule is C[C@@H](Sc1nnc(-c2ccc(OC(F)F)cc2)n1N)C(=O)N1CCOCC1. The van der Waals surface area contributed by atoms with Crippen LogP contribution in [0.25, 0.3) is 11.4 Å². The fourth-order valence-corrected chi connectivity index (χ4v) is 3.44. The van der Waals surface area contributed by atoms with Crippen LogP contribution < -0.4 is 10.6 Å². The van der Waals surface area contributed by atoms with Gasteiger partial charge in [-0.15, -0.1) is 10.2 Å². The van der Waals surface area contributed by atoms with E-state index in [1.54, 1.807) is 24.0 Å². The number of morpholine rings is 1. The van der Waals surface area contributed by atoms with Crippen molar-refractivity contribution in [3.8, 4) is 17.1 Å². The first-order chi connectivity index (χ1) is 13.0. The van der Waals surface area contributed by atoms with Gasteiger partial charge in [-0.2, -0.15) is 8.78 Å². The number of thioether (sulfide) groups is 1. The maximum atomic E-state index is 12.5. The Balaban J connectivity index is 1.68. The van der Waals surface area contributed by atoms with E-state index in [1.807, 2.05) is 0 Å². The lowest BCUT2D eigenvalue weighted by Crippen LogP contribution is -2.44. The lowest BCUT2D eigenvalue weighted by molar-refractivity contribution is -0.134. The summed E-state index contributed by atoms with van der Waals surface area (Å²) in [6.45, 7) is 1.10. The Kier molecular flexibility index (Phi) is 6.11. The summed E-state index contributed by atoms with van der Waals surface area (Å²) in [5.41, 5.74) is 0.589. The molecule has 1 aliphatic heterocycles. The van der Waals surface area contributed by atoms with E-state index in [-0.39, 0.29) is 16.9 Å². The predicted octanol–water partition coefficient (Wildman–Crippen LogP) is 1.60. The van der Waals surface area contributed by atoms with Gasteiger partial charge in [0.2, 0.25) is 11.1 Å². The fraction of sp³-hybridized carbons (Fsp3) is 0.438. The van der Waals surface area contributed by atoms with E-state index in [2.05, 4.69) is 14.9 Å². The fourth-order valence-electron chi connectivity index (χ4n) is 2.59. The number of carbonyl (C=O) groups excluding carboxylic acids is 1. The second kappa shape index (κ2) is 8.53. The van der Waals surface area contributed by atoms with Crippen molar-refractivity contribution in [1.82, 2.24) is 19.8 Å². The Hall–Kier alpha value is -2.40. The first-order valence-electron chi connectivity index (χ1n) is 8.24. The molecule has 1 aliphatic rings. The molecule has 1 aromatic heterocycles. The highest BCUT2D eigenvalue weighted by atomic mass is 32.2. The zero-order valence-electron chi connectivity index (χ0n) is 14.5. The molecule has 0 aliphatic carbocycles. The molecule has 0 saturated carbocycles. The summed E-state index contributed by atoms with van der Waals surface area (Å²) in [4.78, 5) is 14.2. The molecule has 0 radical (unpaired) electrons. The lowest BCUT2D eigenvalue weighted by Gasteiger charge is -2.28. The number of halogens is 2. The highest BCUT2D eigenvalue weighted by molar-refractivity contribution is 8.00. The summed E-state index contributed by atoms with van der Waals surface area (Å²) in [5, 5.41) is 8.07. The van der Waals surface area contributed by atoms with Crippen molar-refractivity contribution < 1.29 is 23.0 Å². The minimum Gasteiger partial charge on any atom is -0.435 e. The molecule has 1 fully saturated rings. The molecule has 1 saturated heterocycles. The second-order valence-corrected chi connectivity index (χ2v) is 7.08. The van der Waals surface area contributed by atoms with E-state index in [0.717, 1.165) is 0 Å². The van der Waals surface area contributed by atoms with Gasteiger partial charge in [0.15, 0.2) is 5.82 Å². The molecular weight excluding hydrogens is 380 g/mol. The summed E-state index contributed by atoms with van der Waals surface area (Å²) in [7, 11) is 0. The van der Waals surface area contributed by atoms with Crippen molar-refractivity contribution in [3.05, 3.63) is 24.3 Å². The largest absolute Gasteiger partial charge is 0.435 e. The average molecular weight is 399 g/mol. The summed E-state index contributed by atoms with van der Waals surface area (Å²) in [6.07, 6.45) is 0. The van der Waals surface area contributed by atoms with E-state index in [0.29, 0.717) is 42.8 Å². The Labute approximate surface area is 158 Å². The molecule has 3 rings (SSSR count). The normalized spacial score (nSPS) is 15.8. The van der Waals surface area contributed by atoms with Gasteiger partial charge in [-0.25, -0.2) is 4.68 Å². The summed E-state index contributed by atoms with van der Waals surface area (Å²) < 4.78 is 35.3. The first-order valence-corrected chi connectivity index (χ1v) is 9.12. The standard InChI is InChI=1S/C16H19F2N5O3S/c1-10(14(24)22-6-8-25-9-7-22)27-16-21-20-13(23(16)19)11-2-4-12(5-3-11)26-15(17)18/h2-5,10,15H,6-9,19H2,1H3/t10-/m1/s1. The molecule has 11 heteroatoms. The van der Waals surface area contributed by atoms with Crippen LogP contribution in [0.15, 0.2) is 29.4 Å². The number of ether oxygens (including phenoxy) is 2. The molecule has 2 aromatic rings. The van der Waals surface area contributed by atoms with E-state index >= 15 is 0 Å². The summed E-state index contributed by atoms with van der Waals surface area (Å²) in [5.74, 6) is 6.44. The summed E-state index contributed by atoms with van der Waals surface area (Å²) in [6, 6.07) is 5.91. The summed E-state index contributed by atoms with van der Waals surface area (Å²) >= 11 is 1.21. The van der Waals surface area contributed by atoms with Crippen molar-refractivity contribution in [2.75, 3.05) is 32.1 Å². The number of hydrogen-bond acceptors (Lipinski definition) is 7. The molecule has 146 valence electrons. The van der Waals surface area contributed by atoms with Gasteiger partial charge in [0, 0.05) is 18.7 Å². The van der Waals surface area contributed by atoms with Crippen LogP contribution in [0.5, 0.6) is 5.75 Å². The van der Waals surface area contributed by atoms with E-state index < -0.39 is 6.61 Å². The monoisotopic (exact) mass is 399 g/mol. The van der Waals surface area contributed by atoms with Gasteiger partial charge in [0.25, 0.3) is 0 Å². The van der Waals surface area contributed by atoms with Crippen molar-refractivity contribution in [2.45, 2.75) is 23.9 Å². The molecular formula is C16H19F2N5O3S. The number of hydrogen-bond donors (Lipinski definition) is 1. The predicted molar refractivity (Wildman–Crippen MR) is 95.0 cm³/mol. The van der Waals surface area contributed by atoms with E-state index in [9.17, 15) is 13.6 Å². The Morgan fingerprint density at radius 2 is 1.93 bits per heavy atom. The number of nitrogens with zero attached hydrogens (tertiary/aromatic N) is 4. The molecule has 27 heavy (non-hydrogen) atoms. The highest BCUT2D eigenvalue weighted by Crippen LogP contribution is 2.27. The molecule has 2 N–H and O–H groups in total. The number of amides is 1. The maximum Gasteiger partial charge on any atom is 0.387 e. The van der Waals surface area contributed by atoms with Crippen LogP contribution in [-0.4, -0.2) is 63.8 Å². The molecule has 8 nitrogen and oxygen atoms in total. The van der Waals surface area contributed by atoms with Gasteiger partial charge in [-0.3, -0.25) is 4.79 Å². The smallest absolute Gasteiger partial charge is 0.387 e. The van der Waals surface area contributed by atoms with Crippen molar-refractivity contribution in [2.24, 2.45) is 0 Å². The van der Waals surface area contributed by atoms with Crippen LogP contribution >= 0.6 is 11.8 Å². The molecule has 0 unspecified atom stereocenters. The average Bonchev–Trinajstić information content (AvgIpc) is 3.02. The molecule has 0 spiro atoms. The van der Waals surface area contributed by atoms with Crippen LogP contribution in [0.4, 0.5) is 8.78 Å². The van der Waals surface area contributed by atoms with E-state index in [4.69, 9.17) is 10.6 Å². The second-order valence-electron chi connectivity index (χ2n) is 5.78. The van der Waals surface area contributed by atoms with Crippen LogP contribution in [0.3, 0.4) is 0 Å². The van der Waals surface area contributed by atoms with Crippen molar-refractivity contribution >= 4 is 17.7 Å². The van der Waals surface area contributed by atoms with Gasteiger partial charge in [0.05, 0.1) is 18.5 Å². The van der Waals surface area contributed by atoms with Crippen LogP contribution in [0, 0.1) is 0 Å². The third kappa shape index (κ3) is 4.66. The van der Waals surface area contributed by atoms with Gasteiger partial charge in [-0.1, -0.05) is 11.8 Å². The molecule has 0 bridgehead atoms. The molecule has 1 aromatic carbocycles. The number of carbonyl (C=O) groups is 1. The van der Waals surface area contributed by atoms with Crippen LogP contribution in [0.1, 0.15) is 6.92 Å². The minimum absolute atomic E-state index is 0.0126. The first kappa shape index (κ1) is 19.4. The molecule has 1 atom stereocenters.